The van der Waals surface area contributed by atoms with Gasteiger partial charge in [-0.3, -0.25) is 9.78 Å². The molecule has 3 N–H and O–H groups in total. The summed E-state index contributed by atoms with van der Waals surface area (Å²) in [5, 5.41) is 10.2. The van der Waals surface area contributed by atoms with Gasteiger partial charge < -0.3 is 20.0 Å². The molecule has 29 heavy (non-hydrogen) atoms. The summed E-state index contributed by atoms with van der Waals surface area (Å²) in [6.45, 7) is 5.00. The quantitative estimate of drug-likeness (QED) is 0.576. The molecule has 0 spiro atoms. The number of ether oxygens (including phenoxy) is 1. The molecule has 3 rings (SSSR count). The molecule has 0 bridgehead atoms. The number of aromatic nitrogens is 4. The zero-order chi connectivity index (χ0) is 21.2. The first kappa shape index (κ1) is 20.4. The Bertz CT molecular complexity index is 1030. The molecular formula is C20H23N5O4. The fraction of sp³-hybridized carbons (Fsp3) is 0.350. The van der Waals surface area contributed by atoms with Crippen LogP contribution in [-0.4, -0.2) is 37.9 Å². The van der Waals surface area contributed by atoms with Crippen molar-refractivity contribution in [2.24, 2.45) is 0 Å². The van der Waals surface area contributed by atoms with Crippen molar-refractivity contribution in [3.05, 3.63) is 47.4 Å². The molecule has 0 amide bonds. The molecule has 0 aliphatic carbocycles. The van der Waals surface area contributed by atoms with Crippen LogP contribution in [0, 0.1) is 6.92 Å². The van der Waals surface area contributed by atoms with E-state index >= 15 is 0 Å². The maximum Gasteiger partial charge on any atom is 0.246 e. The van der Waals surface area contributed by atoms with Crippen LogP contribution in [0.2, 0.25) is 0 Å². The standard InChI is InChI=1S/C20H23N5O4/c1-11-16(19-22-9-10-29-19)25-18(21)17(23-11)13(26)6-5-12-14(28-4)7-8-15(24-12)20(2,3)27/h7-10,27H,5-6H2,1-4H3,(H2,21,25). The van der Waals surface area contributed by atoms with E-state index in [-0.39, 0.29) is 29.6 Å². The third-order valence-electron chi connectivity index (χ3n) is 4.36. The lowest BCUT2D eigenvalue weighted by Gasteiger charge is -2.18. The fourth-order valence-electron chi connectivity index (χ4n) is 2.83. The van der Waals surface area contributed by atoms with Gasteiger partial charge in [-0.1, -0.05) is 0 Å². The number of nitrogens with zero attached hydrogens (tertiary/aromatic N) is 4. The number of pyridine rings is 1. The molecule has 0 radical (unpaired) electrons. The van der Waals surface area contributed by atoms with Crippen LogP contribution < -0.4 is 10.5 Å². The summed E-state index contributed by atoms with van der Waals surface area (Å²) in [6.07, 6.45) is 3.32. The van der Waals surface area contributed by atoms with Crippen molar-refractivity contribution in [2.75, 3.05) is 12.8 Å². The van der Waals surface area contributed by atoms with Crippen LogP contribution >= 0.6 is 0 Å². The number of carbonyl (C=O) groups is 1. The van der Waals surface area contributed by atoms with Crippen LogP contribution in [0.3, 0.4) is 0 Å². The van der Waals surface area contributed by atoms with Crippen molar-refractivity contribution in [2.45, 2.75) is 39.2 Å². The molecule has 9 nitrogen and oxygen atoms in total. The number of Topliss-reactive ketones (excluding diaryl/α,β-unsaturated/α-hetero) is 1. The van der Waals surface area contributed by atoms with Crippen molar-refractivity contribution in [3.63, 3.8) is 0 Å². The molecule has 0 saturated carbocycles. The Morgan fingerprint density at radius 2 is 2.03 bits per heavy atom. The Labute approximate surface area is 168 Å². The Kier molecular flexibility index (Phi) is 5.60. The maximum absolute atomic E-state index is 12.7. The van der Waals surface area contributed by atoms with Gasteiger partial charge >= 0.3 is 0 Å². The van der Waals surface area contributed by atoms with Gasteiger partial charge in [0.05, 0.1) is 30.4 Å². The number of anilines is 1. The van der Waals surface area contributed by atoms with Gasteiger partial charge in [-0.25, -0.2) is 15.0 Å². The van der Waals surface area contributed by atoms with E-state index in [0.717, 1.165) is 0 Å². The van der Waals surface area contributed by atoms with E-state index in [1.54, 1.807) is 32.9 Å². The molecular weight excluding hydrogens is 374 g/mol. The summed E-state index contributed by atoms with van der Waals surface area (Å²) in [4.78, 5) is 29.8. The molecule has 9 heteroatoms. The lowest BCUT2D eigenvalue weighted by molar-refractivity contribution is 0.0735. The molecule has 0 aliphatic heterocycles. The first-order valence-corrected chi connectivity index (χ1v) is 9.04. The van der Waals surface area contributed by atoms with Crippen molar-refractivity contribution in [1.82, 2.24) is 19.9 Å². The third kappa shape index (κ3) is 4.40. The molecule has 3 aromatic rings. The van der Waals surface area contributed by atoms with Crippen molar-refractivity contribution < 1.29 is 19.1 Å². The number of ketones is 1. The second kappa shape index (κ2) is 7.96. The minimum absolute atomic E-state index is 0.0129. The number of aliphatic hydroxyl groups is 1. The molecule has 0 atom stereocenters. The van der Waals surface area contributed by atoms with Gasteiger partial charge in [-0.2, -0.15) is 0 Å². The minimum atomic E-state index is -1.10. The van der Waals surface area contributed by atoms with Gasteiger partial charge in [-0.05, 0) is 32.9 Å². The van der Waals surface area contributed by atoms with E-state index in [1.807, 2.05) is 0 Å². The van der Waals surface area contributed by atoms with Crippen LogP contribution in [0.25, 0.3) is 11.6 Å². The van der Waals surface area contributed by atoms with E-state index in [1.165, 1.54) is 19.6 Å². The summed E-state index contributed by atoms with van der Waals surface area (Å²) < 4.78 is 10.6. The summed E-state index contributed by atoms with van der Waals surface area (Å²) >= 11 is 0. The summed E-state index contributed by atoms with van der Waals surface area (Å²) in [5.74, 6) is 0.576. The minimum Gasteiger partial charge on any atom is -0.495 e. The Morgan fingerprint density at radius 3 is 2.66 bits per heavy atom. The smallest absolute Gasteiger partial charge is 0.246 e. The zero-order valence-corrected chi connectivity index (χ0v) is 16.8. The summed E-state index contributed by atoms with van der Waals surface area (Å²) in [6, 6.07) is 3.42. The van der Waals surface area contributed by atoms with Gasteiger partial charge in [0.1, 0.15) is 29.0 Å². The topological polar surface area (TPSA) is 137 Å². The van der Waals surface area contributed by atoms with Crippen LogP contribution in [0.15, 0.2) is 29.0 Å². The molecule has 3 heterocycles. The second-order valence-corrected chi connectivity index (χ2v) is 7.06. The number of hydrogen-bond donors (Lipinski definition) is 2. The molecule has 3 aromatic heterocycles. The molecule has 0 aliphatic rings. The van der Waals surface area contributed by atoms with Crippen LogP contribution in [0.4, 0.5) is 5.82 Å². The average molecular weight is 397 g/mol. The highest BCUT2D eigenvalue weighted by atomic mass is 16.5. The Balaban J connectivity index is 1.82. The highest BCUT2D eigenvalue weighted by Gasteiger charge is 2.22. The van der Waals surface area contributed by atoms with E-state index < -0.39 is 5.60 Å². The van der Waals surface area contributed by atoms with Crippen LogP contribution in [0.5, 0.6) is 5.75 Å². The Hall–Kier alpha value is -3.33. The second-order valence-electron chi connectivity index (χ2n) is 7.06. The van der Waals surface area contributed by atoms with E-state index in [4.69, 9.17) is 14.9 Å². The first-order valence-electron chi connectivity index (χ1n) is 9.04. The predicted octanol–water partition coefficient (Wildman–Crippen LogP) is 2.47. The fourth-order valence-corrected chi connectivity index (χ4v) is 2.83. The van der Waals surface area contributed by atoms with E-state index in [9.17, 15) is 9.90 Å². The Morgan fingerprint density at radius 1 is 1.28 bits per heavy atom. The number of carbonyl (C=O) groups excluding carboxylic acids is 1. The number of aryl methyl sites for hydroxylation is 2. The van der Waals surface area contributed by atoms with Crippen molar-refractivity contribution >= 4 is 11.6 Å². The largest absolute Gasteiger partial charge is 0.495 e. The number of rotatable bonds is 7. The number of methoxy groups -OCH3 is 1. The molecule has 0 saturated heterocycles. The van der Waals surface area contributed by atoms with Crippen LogP contribution in [0.1, 0.15) is 47.8 Å². The highest BCUT2D eigenvalue weighted by molar-refractivity contribution is 5.98. The lowest BCUT2D eigenvalue weighted by atomic mass is 10.0. The van der Waals surface area contributed by atoms with Gasteiger partial charge in [0, 0.05) is 12.8 Å². The number of hydrogen-bond acceptors (Lipinski definition) is 9. The number of nitrogen functional groups attached to an aromatic ring is 1. The third-order valence-corrected chi connectivity index (χ3v) is 4.36. The lowest BCUT2D eigenvalue weighted by Crippen LogP contribution is -2.19. The summed E-state index contributed by atoms with van der Waals surface area (Å²) in [5.41, 5.74) is 6.90. The van der Waals surface area contributed by atoms with E-state index in [0.29, 0.717) is 34.9 Å². The van der Waals surface area contributed by atoms with Crippen molar-refractivity contribution in [1.29, 1.82) is 0 Å². The monoisotopic (exact) mass is 397 g/mol. The predicted molar refractivity (Wildman–Crippen MR) is 105 cm³/mol. The molecule has 0 aromatic carbocycles. The van der Waals surface area contributed by atoms with E-state index in [2.05, 4.69) is 19.9 Å². The highest BCUT2D eigenvalue weighted by Crippen LogP contribution is 2.25. The molecule has 0 fully saturated rings. The average Bonchev–Trinajstić information content (AvgIpc) is 3.21. The SMILES string of the molecule is COc1ccc(C(C)(C)O)nc1CCC(=O)c1nc(C)c(-c2ncco2)nc1N. The number of nitrogens with two attached hydrogens (primary N) is 1. The van der Waals surface area contributed by atoms with Crippen LogP contribution in [-0.2, 0) is 12.0 Å². The normalized spacial score (nSPS) is 11.5. The first-order chi connectivity index (χ1) is 13.7. The van der Waals surface area contributed by atoms with Gasteiger partial charge in [0.2, 0.25) is 5.89 Å². The summed E-state index contributed by atoms with van der Waals surface area (Å²) in [7, 11) is 1.53. The number of oxazole rings is 1. The zero-order valence-electron chi connectivity index (χ0n) is 16.8. The van der Waals surface area contributed by atoms with Gasteiger partial charge in [-0.15, -0.1) is 0 Å². The maximum atomic E-state index is 12.7. The molecule has 152 valence electrons. The van der Waals surface area contributed by atoms with Gasteiger partial charge in [0.25, 0.3) is 0 Å². The van der Waals surface area contributed by atoms with Gasteiger partial charge in [0.15, 0.2) is 11.6 Å². The molecule has 0 unspecified atom stereocenters. The van der Waals surface area contributed by atoms with Crippen molar-refractivity contribution in [3.8, 4) is 17.3 Å².